The SMILES string of the molecule is CCCNC(=NC)NCc1cccc(NC(=O)C(C)CC)c1. The summed E-state index contributed by atoms with van der Waals surface area (Å²) in [5.41, 5.74) is 1.93. The monoisotopic (exact) mass is 304 g/mol. The minimum absolute atomic E-state index is 0.0267. The molecule has 122 valence electrons. The lowest BCUT2D eigenvalue weighted by molar-refractivity contribution is -0.119. The molecule has 1 unspecified atom stereocenters. The van der Waals surface area contributed by atoms with Gasteiger partial charge in [0.15, 0.2) is 5.96 Å². The van der Waals surface area contributed by atoms with Gasteiger partial charge in [-0.15, -0.1) is 0 Å². The third kappa shape index (κ3) is 6.16. The average Bonchev–Trinajstić information content (AvgIpc) is 2.54. The van der Waals surface area contributed by atoms with Crippen LogP contribution < -0.4 is 16.0 Å². The number of aliphatic imine (C=N–C) groups is 1. The summed E-state index contributed by atoms with van der Waals surface area (Å²) in [6.07, 6.45) is 1.89. The Kier molecular flexibility index (Phi) is 8.04. The Labute approximate surface area is 133 Å². The first kappa shape index (κ1) is 18.0. The van der Waals surface area contributed by atoms with Crippen LogP contribution in [-0.2, 0) is 11.3 Å². The first-order valence-corrected chi connectivity index (χ1v) is 7.95. The number of hydrogen-bond acceptors (Lipinski definition) is 2. The number of nitrogens with one attached hydrogen (secondary N) is 3. The maximum Gasteiger partial charge on any atom is 0.227 e. The van der Waals surface area contributed by atoms with Gasteiger partial charge in [-0.2, -0.15) is 0 Å². The Morgan fingerprint density at radius 1 is 1.27 bits per heavy atom. The van der Waals surface area contributed by atoms with Gasteiger partial charge in [0.25, 0.3) is 0 Å². The van der Waals surface area contributed by atoms with Gasteiger partial charge in [-0.05, 0) is 30.5 Å². The normalized spacial score (nSPS) is 12.6. The van der Waals surface area contributed by atoms with Gasteiger partial charge in [-0.3, -0.25) is 9.79 Å². The summed E-state index contributed by atoms with van der Waals surface area (Å²) >= 11 is 0. The predicted molar refractivity (Wildman–Crippen MR) is 93.0 cm³/mol. The number of rotatable bonds is 7. The zero-order valence-electron chi connectivity index (χ0n) is 14.1. The number of anilines is 1. The number of guanidine groups is 1. The molecule has 1 rings (SSSR count). The van der Waals surface area contributed by atoms with E-state index in [4.69, 9.17) is 0 Å². The number of benzene rings is 1. The Morgan fingerprint density at radius 2 is 2.05 bits per heavy atom. The lowest BCUT2D eigenvalue weighted by atomic mass is 10.1. The van der Waals surface area contributed by atoms with Crippen molar-refractivity contribution in [3.8, 4) is 0 Å². The fourth-order valence-corrected chi connectivity index (χ4v) is 1.86. The highest BCUT2D eigenvalue weighted by atomic mass is 16.1. The molecule has 0 aromatic heterocycles. The van der Waals surface area contributed by atoms with Crippen LogP contribution in [0.3, 0.4) is 0 Å². The van der Waals surface area contributed by atoms with Gasteiger partial charge in [-0.1, -0.05) is 32.9 Å². The van der Waals surface area contributed by atoms with Crippen molar-refractivity contribution in [1.29, 1.82) is 0 Å². The topological polar surface area (TPSA) is 65.5 Å². The van der Waals surface area contributed by atoms with Crippen molar-refractivity contribution in [2.75, 3.05) is 18.9 Å². The van der Waals surface area contributed by atoms with Crippen LogP contribution in [0.2, 0.25) is 0 Å². The second-order valence-electron chi connectivity index (χ2n) is 5.35. The molecule has 22 heavy (non-hydrogen) atoms. The van der Waals surface area contributed by atoms with Gasteiger partial charge >= 0.3 is 0 Å². The molecule has 0 saturated heterocycles. The summed E-state index contributed by atoms with van der Waals surface area (Å²) in [6.45, 7) is 7.62. The molecular weight excluding hydrogens is 276 g/mol. The second kappa shape index (κ2) is 9.82. The molecule has 1 atom stereocenters. The van der Waals surface area contributed by atoms with Gasteiger partial charge in [0.1, 0.15) is 0 Å². The van der Waals surface area contributed by atoms with Crippen molar-refractivity contribution >= 4 is 17.6 Å². The van der Waals surface area contributed by atoms with Crippen LogP contribution in [0, 0.1) is 5.92 Å². The fraction of sp³-hybridized carbons (Fsp3) is 0.529. The molecule has 0 heterocycles. The van der Waals surface area contributed by atoms with Gasteiger partial charge in [-0.25, -0.2) is 0 Å². The van der Waals surface area contributed by atoms with E-state index in [1.165, 1.54) is 0 Å². The second-order valence-corrected chi connectivity index (χ2v) is 5.35. The molecule has 0 aliphatic rings. The van der Waals surface area contributed by atoms with E-state index in [2.05, 4.69) is 27.9 Å². The smallest absolute Gasteiger partial charge is 0.227 e. The van der Waals surface area contributed by atoms with Gasteiger partial charge in [0.05, 0.1) is 0 Å². The number of hydrogen-bond donors (Lipinski definition) is 3. The van der Waals surface area contributed by atoms with Crippen molar-refractivity contribution in [2.45, 2.75) is 40.2 Å². The number of amides is 1. The Morgan fingerprint density at radius 3 is 2.68 bits per heavy atom. The third-order valence-corrected chi connectivity index (χ3v) is 3.48. The minimum Gasteiger partial charge on any atom is -0.356 e. The average molecular weight is 304 g/mol. The van der Waals surface area contributed by atoms with Gasteiger partial charge < -0.3 is 16.0 Å². The molecule has 5 heteroatoms. The summed E-state index contributed by atoms with van der Waals surface area (Å²) in [5, 5.41) is 9.45. The van der Waals surface area contributed by atoms with E-state index in [0.29, 0.717) is 6.54 Å². The van der Waals surface area contributed by atoms with E-state index in [0.717, 1.165) is 36.6 Å². The lowest BCUT2D eigenvalue weighted by Crippen LogP contribution is -2.37. The Balaban J connectivity index is 2.59. The summed E-state index contributed by atoms with van der Waals surface area (Å²) in [6, 6.07) is 7.87. The van der Waals surface area contributed by atoms with Crippen molar-refractivity contribution in [1.82, 2.24) is 10.6 Å². The summed E-state index contributed by atoms with van der Waals surface area (Å²) in [7, 11) is 1.76. The van der Waals surface area contributed by atoms with Crippen molar-refractivity contribution in [2.24, 2.45) is 10.9 Å². The fourth-order valence-electron chi connectivity index (χ4n) is 1.86. The van der Waals surface area contributed by atoms with Gasteiger partial charge in [0, 0.05) is 31.7 Å². The van der Waals surface area contributed by atoms with E-state index < -0.39 is 0 Å². The van der Waals surface area contributed by atoms with Crippen LogP contribution in [0.1, 0.15) is 39.2 Å². The van der Waals surface area contributed by atoms with Crippen LogP contribution in [0.4, 0.5) is 5.69 Å². The molecule has 0 radical (unpaired) electrons. The summed E-state index contributed by atoms with van der Waals surface area (Å²) in [5.74, 6) is 0.878. The predicted octanol–water partition coefficient (Wildman–Crippen LogP) is 2.75. The maximum absolute atomic E-state index is 11.9. The van der Waals surface area contributed by atoms with E-state index in [1.54, 1.807) is 7.05 Å². The molecular formula is C17H28N4O. The molecule has 0 saturated carbocycles. The van der Waals surface area contributed by atoms with Crippen molar-refractivity contribution in [3.05, 3.63) is 29.8 Å². The zero-order valence-corrected chi connectivity index (χ0v) is 14.1. The number of nitrogens with zero attached hydrogens (tertiary/aromatic N) is 1. The van der Waals surface area contributed by atoms with Crippen molar-refractivity contribution in [3.63, 3.8) is 0 Å². The summed E-state index contributed by atoms with van der Waals surface area (Å²) in [4.78, 5) is 16.1. The minimum atomic E-state index is 0.0267. The van der Waals surface area contributed by atoms with Crippen LogP contribution >= 0.6 is 0 Å². The van der Waals surface area contributed by atoms with E-state index in [-0.39, 0.29) is 11.8 Å². The van der Waals surface area contributed by atoms with E-state index >= 15 is 0 Å². The third-order valence-electron chi connectivity index (χ3n) is 3.48. The Bertz CT molecular complexity index is 499. The van der Waals surface area contributed by atoms with E-state index in [9.17, 15) is 4.79 Å². The summed E-state index contributed by atoms with van der Waals surface area (Å²) < 4.78 is 0. The van der Waals surface area contributed by atoms with Crippen LogP contribution in [0.5, 0.6) is 0 Å². The zero-order chi connectivity index (χ0) is 16.4. The molecule has 0 spiro atoms. The maximum atomic E-state index is 11.9. The van der Waals surface area contributed by atoms with Crippen LogP contribution in [-0.4, -0.2) is 25.5 Å². The van der Waals surface area contributed by atoms with Crippen LogP contribution in [0.25, 0.3) is 0 Å². The van der Waals surface area contributed by atoms with Crippen LogP contribution in [0.15, 0.2) is 29.3 Å². The molecule has 1 amide bonds. The molecule has 0 fully saturated rings. The molecule has 5 nitrogen and oxygen atoms in total. The molecule has 0 aliphatic carbocycles. The quantitative estimate of drug-likeness (QED) is 0.536. The van der Waals surface area contributed by atoms with Gasteiger partial charge in [0.2, 0.25) is 5.91 Å². The first-order valence-electron chi connectivity index (χ1n) is 7.95. The highest BCUT2D eigenvalue weighted by molar-refractivity contribution is 5.92. The molecule has 0 bridgehead atoms. The highest BCUT2D eigenvalue weighted by Crippen LogP contribution is 2.13. The number of carbonyl (C=O) groups is 1. The first-order chi connectivity index (χ1) is 10.6. The van der Waals surface area contributed by atoms with E-state index in [1.807, 2.05) is 38.1 Å². The molecule has 0 aliphatic heterocycles. The lowest BCUT2D eigenvalue weighted by Gasteiger charge is -2.13. The molecule has 3 N–H and O–H groups in total. The Hall–Kier alpha value is -2.04. The number of carbonyl (C=O) groups excluding carboxylic acids is 1. The molecule has 1 aromatic rings. The standard InChI is InChI=1S/C17H28N4O/c1-5-10-19-17(18-4)20-12-14-8-7-9-15(11-14)21-16(22)13(3)6-2/h7-9,11,13H,5-6,10,12H2,1-4H3,(H,21,22)(H2,18,19,20). The van der Waals surface area contributed by atoms with Crippen molar-refractivity contribution < 1.29 is 4.79 Å². The molecule has 1 aromatic carbocycles. The largest absolute Gasteiger partial charge is 0.356 e. The highest BCUT2D eigenvalue weighted by Gasteiger charge is 2.10.